The van der Waals surface area contributed by atoms with E-state index in [9.17, 15) is 0 Å². The third-order valence-electron chi connectivity index (χ3n) is 3.24. The molecule has 100 valence electrons. The van der Waals surface area contributed by atoms with Crippen molar-refractivity contribution in [3.63, 3.8) is 0 Å². The summed E-state index contributed by atoms with van der Waals surface area (Å²) in [5.41, 5.74) is 9.45. The van der Waals surface area contributed by atoms with E-state index in [0.29, 0.717) is 0 Å². The van der Waals surface area contributed by atoms with Crippen LogP contribution in [0.5, 0.6) is 11.5 Å². The molecule has 0 amide bonds. The zero-order valence-corrected chi connectivity index (χ0v) is 11.5. The molecule has 0 saturated heterocycles. The van der Waals surface area contributed by atoms with E-state index >= 15 is 0 Å². The largest absolute Gasteiger partial charge is 0.497 e. The van der Waals surface area contributed by atoms with Crippen molar-refractivity contribution in [1.82, 2.24) is 0 Å². The van der Waals surface area contributed by atoms with E-state index in [-0.39, 0.29) is 6.04 Å². The Morgan fingerprint density at radius 2 is 1.68 bits per heavy atom. The molecule has 2 rings (SSSR count). The lowest BCUT2D eigenvalue weighted by Crippen LogP contribution is -2.12. The van der Waals surface area contributed by atoms with Crippen LogP contribution < -0.4 is 15.2 Å². The summed E-state index contributed by atoms with van der Waals surface area (Å²) in [5.74, 6) is 1.67. The fourth-order valence-corrected chi connectivity index (χ4v) is 2.06. The van der Waals surface area contributed by atoms with Gasteiger partial charge in [-0.25, -0.2) is 0 Å². The molecule has 0 saturated carbocycles. The molecule has 0 radical (unpaired) electrons. The lowest BCUT2D eigenvalue weighted by Gasteiger charge is -2.15. The number of hydrogen-bond donors (Lipinski definition) is 1. The highest BCUT2D eigenvalue weighted by atomic mass is 16.5. The molecule has 0 aliphatic rings. The Labute approximate surface area is 114 Å². The van der Waals surface area contributed by atoms with Crippen LogP contribution in [0.1, 0.15) is 22.7 Å². The molecule has 2 aromatic carbocycles. The molecule has 19 heavy (non-hydrogen) atoms. The van der Waals surface area contributed by atoms with E-state index in [2.05, 4.69) is 0 Å². The molecule has 2 aromatic rings. The van der Waals surface area contributed by atoms with Crippen LogP contribution in [0.3, 0.4) is 0 Å². The standard InChI is InChI=1S/C16H19NO2/c1-11-7-8-13(10-15(11)19-3)16(17)12-5-4-6-14(9-12)18-2/h4-10,16H,17H2,1-3H3. The number of aryl methyl sites for hydroxylation is 1. The number of ether oxygens (including phenoxy) is 2. The maximum atomic E-state index is 6.30. The second-order valence-corrected chi connectivity index (χ2v) is 4.48. The van der Waals surface area contributed by atoms with Gasteiger partial charge in [-0.2, -0.15) is 0 Å². The predicted molar refractivity (Wildman–Crippen MR) is 76.8 cm³/mol. The molecular formula is C16H19NO2. The minimum absolute atomic E-state index is 0.190. The predicted octanol–water partition coefficient (Wildman–Crippen LogP) is 3.06. The van der Waals surface area contributed by atoms with Gasteiger partial charge in [-0.15, -0.1) is 0 Å². The van der Waals surface area contributed by atoms with Gasteiger partial charge in [0.15, 0.2) is 0 Å². The number of benzene rings is 2. The Morgan fingerprint density at radius 1 is 0.947 bits per heavy atom. The molecule has 0 aliphatic heterocycles. The van der Waals surface area contributed by atoms with Crippen molar-refractivity contribution < 1.29 is 9.47 Å². The monoisotopic (exact) mass is 257 g/mol. The van der Waals surface area contributed by atoms with Crippen LogP contribution in [-0.2, 0) is 0 Å². The quantitative estimate of drug-likeness (QED) is 0.915. The van der Waals surface area contributed by atoms with Crippen LogP contribution in [0.4, 0.5) is 0 Å². The molecule has 0 heterocycles. The molecule has 0 fully saturated rings. The van der Waals surface area contributed by atoms with Gasteiger partial charge in [0.05, 0.1) is 20.3 Å². The van der Waals surface area contributed by atoms with Gasteiger partial charge in [0.1, 0.15) is 11.5 Å². The van der Waals surface area contributed by atoms with Crippen molar-refractivity contribution in [2.24, 2.45) is 5.73 Å². The Hall–Kier alpha value is -2.00. The number of rotatable bonds is 4. The highest BCUT2D eigenvalue weighted by molar-refractivity contribution is 5.42. The molecule has 1 unspecified atom stereocenters. The van der Waals surface area contributed by atoms with Gasteiger partial charge >= 0.3 is 0 Å². The van der Waals surface area contributed by atoms with Gasteiger partial charge in [0.2, 0.25) is 0 Å². The van der Waals surface area contributed by atoms with Gasteiger partial charge in [-0.05, 0) is 41.8 Å². The first kappa shape index (κ1) is 13.4. The summed E-state index contributed by atoms with van der Waals surface area (Å²) in [4.78, 5) is 0. The Bertz CT molecular complexity index is 566. The molecule has 0 aromatic heterocycles. The summed E-state index contributed by atoms with van der Waals surface area (Å²) < 4.78 is 10.6. The normalized spacial score (nSPS) is 12.0. The first-order valence-corrected chi connectivity index (χ1v) is 6.19. The summed E-state index contributed by atoms with van der Waals surface area (Å²) >= 11 is 0. The third kappa shape index (κ3) is 2.88. The molecule has 3 heteroatoms. The van der Waals surface area contributed by atoms with E-state index < -0.39 is 0 Å². The van der Waals surface area contributed by atoms with E-state index in [4.69, 9.17) is 15.2 Å². The van der Waals surface area contributed by atoms with Crippen molar-refractivity contribution in [2.45, 2.75) is 13.0 Å². The number of methoxy groups -OCH3 is 2. The van der Waals surface area contributed by atoms with Gasteiger partial charge in [0.25, 0.3) is 0 Å². The highest BCUT2D eigenvalue weighted by Crippen LogP contribution is 2.27. The summed E-state index contributed by atoms with van der Waals surface area (Å²) in [5, 5.41) is 0. The fourth-order valence-electron chi connectivity index (χ4n) is 2.06. The van der Waals surface area contributed by atoms with Crippen molar-refractivity contribution in [1.29, 1.82) is 0 Å². The van der Waals surface area contributed by atoms with Crippen molar-refractivity contribution in [2.75, 3.05) is 14.2 Å². The van der Waals surface area contributed by atoms with E-state index in [1.807, 2.05) is 49.4 Å². The Kier molecular flexibility index (Phi) is 4.07. The van der Waals surface area contributed by atoms with Crippen LogP contribution in [-0.4, -0.2) is 14.2 Å². The summed E-state index contributed by atoms with van der Waals surface area (Å²) in [6, 6.07) is 13.7. The van der Waals surface area contributed by atoms with E-state index in [1.165, 1.54) is 0 Å². The molecule has 0 aliphatic carbocycles. The summed E-state index contributed by atoms with van der Waals surface area (Å²) in [6.07, 6.45) is 0. The molecular weight excluding hydrogens is 238 g/mol. The van der Waals surface area contributed by atoms with E-state index in [1.54, 1.807) is 14.2 Å². The zero-order valence-electron chi connectivity index (χ0n) is 11.5. The van der Waals surface area contributed by atoms with Crippen LogP contribution in [0.15, 0.2) is 42.5 Å². The Balaban J connectivity index is 2.35. The average Bonchev–Trinajstić information content (AvgIpc) is 2.47. The third-order valence-corrected chi connectivity index (χ3v) is 3.24. The minimum atomic E-state index is -0.190. The SMILES string of the molecule is COc1cccc(C(N)c2ccc(C)c(OC)c2)c1. The first-order valence-electron chi connectivity index (χ1n) is 6.19. The van der Waals surface area contributed by atoms with Gasteiger partial charge in [-0.3, -0.25) is 0 Å². The van der Waals surface area contributed by atoms with Crippen LogP contribution in [0.25, 0.3) is 0 Å². The zero-order chi connectivity index (χ0) is 13.8. The van der Waals surface area contributed by atoms with Crippen LogP contribution in [0.2, 0.25) is 0 Å². The van der Waals surface area contributed by atoms with Crippen LogP contribution in [0, 0.1) is 6.92 Å². The maximum absolute atomic E-state index is 6.30. The number of hydrogen-bond acceptors (Lipinski definition) is 3. The number of nitrogens with two attached hydrogens (primary N) is 1. The topological polar surface area (TPSA) is 44.5 Å². The molecule has 1 atom stereocenters. The van der Waals surface area contributed by atoms with Crippen molar-refractivity contribution in [3.8, 4) is 11.5 Å². The fraction of sp³-hybridized carbons (Fsp3) is 0.250. The maximum Gasteiger partial charge on any atom is 0.122 e. The molecule has 0 bridgehead atoms. The average molecular weight is 257 g/mol. The Morgan fingerprint density at radius 3 is 2.37 bits per heavy atom. The second kappa shape index (κ2) is 5.76. The molecule has 3 nitrogen and oxygen atoms in total. The lowest BCUT2D eigenvalue weighted by atomic mass is 9.98. The van der Waals surface area contributed by atoms with E-state index in [0.717, 1.165) is 28.2 Å². The smallest absolute Gasteiger partial charge is 0.122 e. The lowest BCUT2D eigenvalue weighted by molar-refractivity contribution is 0.410. The first-order chi connectivity index (χ1) is 9.15. The van der Waals surface area contributed by atoms with Gasteiger partial charge in [-0.1, -0.05) is 24.3 Å². The molecule has 0 spiro atoms. The summed E-state index contributed by atoms with van der Waals surface area (Å²) in [6.45, 7) is 2.01. The van der Waals surface area contributed by atoms with Crippen molar-refractivity contribution in [3.05, 3.63) is 59.2 Å². The molecule has 2 N–H and O–H groups in total. The minimum Gasteiger partial charge on any atom is -0.497 e. The highest BCUT2D eigenvalue weighted by Gasteiger charge is 2.11. The second-order valence-electron chi connectivity index (χ2n) is 4.48. The van der Waals surface area contributed by atoms with Gasteiger partial charge < -0.3 is 15.2 Å². The van der Waals surface area contributed by atoms with Crippen LogP contribution >= 0.6 is 0 Å². The summed E-state index contributed by atoms with van der Waals surface area (Å²) in [7, 11) is 3.32. The van der Waals surface area contributed by atoms with Gasteiger partial charge in [0, 0.05) is 0 Å². The van der Waals surface area contributed by atoms with Crippen molar-refractivity contribution >= 4 is 0 Å².